The van der Waals surface area contributed by atoms with Gasteiger partial charge in [-0.1, -0.05) is 48.5 Å². The number of rotatable bonds is 4. The van der Waals surface area contributed by atoms with Crippen LogP contribution >= 0.6 is 0 Å². The molecule has 1 atom stereocenters. The summed E-state index contributed by atoms with van der Waals surface area (Å²) in [6.45, 7) is 2.90. The minimum absolute atomic E-state index is 0.136. The van der Waals surface area contributed by atoms with Crippen molar-refractivity contribution in [3.63, 3.8) is 0 Å². The van der Waals surface area contributed by atoms with Crippen LogP contribution in [0.4, 0.5) is 10.5 Å². The van der Waals surface area contributed by atoms with Crippen molar-refractivity contribution >= 4 is 11.7 Å². The molecule has 1 heterocycles. The summed E-state index contributed by atoms with van der Waals surface area (Å²) in [5.41, 5.74) is 2.96. The number of likely N-dealkylation sites (tertiary alicyclic amines) is 1. The second-order valence-electron chi connectivity index (χ2n) is 6.16. The predicted octanol–water partition coefficient (Wildman–Crippen LogP) is 3.43. The highest BCUT2D eigenvalue weighted by Gasteiger charge is 2.19. The van der Waals surface area contributed by atoms with Gasteiger partial charge in [0, 0.05) is 18.7 Å². The molecule has 0 aromatic heterocycles. The fourth-order valence-corrected chi connectivity index (χ4v) is 3.06. The zero-order chi connectivity index (χ0) is 16.1. The Labute approximate surface area is 137 Å². The summed E-state index contributed by atoms with van der Waals surface area (Å²) in [5, 5.41) is 5.98. The van der Waals surface area contributed by atoms with Crippen LogP contribution in [0.25, 0.3) is 11.1 Å². The smallest absolute Gasteiger partial charge is 0.319 e. The third-order valence-corrected chi connectivity index (χ3v) is 4.30. The molecule has 1 aliphatic heterocycles. The van der Waals surface area contributed by atoms with Gasteiger partial charge in [-0.3, -0.25) is 0 Å². The molecule has 0 bridgehead atoms. The van der Waals surface area contributed by atoms with E-state index in [-0.39, 0.29) is 6.03 Å². The van der Waals surface area contributed by atoms with Crippen molar-refractivity contribution in [2.24, 2.45) is 5.92 Å². The number of nitrogens with zero attached hydrogens (tertiary/aromatic N) is 1. The van der Waals surface area contributed by atoms with E-state index in [1.54, 1.807) is 0 Å². The minimum atomic E-state index is -0.136. The molecule has 1 fully saturated rings. The molecule has 1 aliphatic rings. The van der Waals surface area contributed by atoms with Gasteiger partial charge in [0.15, 0.2) is 0 Å². The molecule has 0 aliphatic carbocycles. The second kappa shape index (κ2) is 7.29. The molecule has 23 heavy (non-hydrogen) atoms. The number of carbonyl (C=O) groups is 1. The lowest BCUT2D eigenvalue weighted by atomic mass is 10.0. The van der Waals surface area contributed by atoms with Gasteiger partial charge < -0.3 is 15.5 Å². The molecule has 2 amide bonds. The first-order chi connectivity index (χ1) is 11.2. The number of benzene rings is 2. The number of hydrogen-bond acceptors (Lipinski definition) is 2. The van der Waals surface area contributed by atoms with Crippen LogP contribution in [0.3, 0.4) is 0 Å². The Morgan fingerprint density at radius 3 is 2.61 bits per heavy atom. The van der Waals surface area contributed by atoms with Crippen molar-refractivity contribution in [1.82, 2.24) is 10.2 Å². The van der Waals surface area contributed by atoms with Crippen LogP contribution in [0.2, 0.25) is 0 Å². The Kier molecular flexibility index (Phi) is 4.93. The van der Waals surface area contributed by atoms with Crippen molar-refractivity contribution < 1.29 is 4.79 Å². The summed E-state index contributed by atoms with van der Waals surface area (Å²) in [5.74, 6) is 0.551. The number of para-hydroxylation sites is 1. The van der Waals surface area contributed by atoms with E-state index in [4.69, 9.17) is 0 Å². The highest BCUT2D eigenvalue weighted by molar-refractivity contribution is 5.94. The first kappa shape index (κ1) is 15.6. The molecule has 2 aromatic carbocycles. The van der Waals surface area contributed by atoms with Gasteiger partial charge in [0.1, 0.15) is 0 Å². The number of urea groups is 1. The molecule has 0 radical (unpaired) electrons. The molecule has 0 saturated carbocycles. The van der Waals surface area contributed by atoms with Crippen LogP contribution in [0, 0.1) is 5.92 Å². The zero-order valence-electron chi connectivity index (χ0n) is 13.5. The van der Waals surface area contributed by atoms with Crippen molar-refractivity contribution in [2.45, 2.75) is 6.42 Å². The monoisotopic (exact) mass is 309 g/mol. The fourth-order valence-electron chi connectivity index (χ4n) is 3.06. The Morgan fingerprint density at radius 1 is 1.13 bits per heavy atom. The Hall–Kier alpha value is -2.33. The molecular weight excluding hydrogens is 286 g/mol. The van der Waals surface area contributed by atoms with Gasteiger partial charge in [0.2, 0.25) is 0 Å². The summed E-state index contributed by atoms with van der Waals surface area (Å²) >= 11 is 0. The first-order valence-electron chi connectivity index (χ1n) is 8.10. The lowest BCUT2D eigenvalue weighted by Gasteiger charge is -2.14. The van der Waals surface area contributed by atoms with Crippen LogP contribution in [-0.2, 0) is 0 Å². The SMILES string of the molecule is CN1CC[C@H](CNC(=O)Nc2ccccc2-c2ccccc2)C1. The van der Waals surface area contributed by atoms with Crippen LogP contribution in [0.5, 0.6) is 0 Å². The normalized spacial score (nSPS) is 17.9. The quantitative estimate of drug-likeness (QED) is 0.909. The highest BCUT2D eigenvalue weighted by atomic mass is 16.2. The van der Waals surface area contributed by atoms with Gasteiger partial charge in [-0.25, -0.2) is 4.79 Å². The predicted molar refractivity (Wildman–Crippen MR) is 94.5 cm³/mol. The lowest BCUT2D eigenvalue weighted by molar-refractivity contribution is 0.250. The molecule has 1 saturated heterocycles. The molecule has 2 aromatic rings. The van der Waals surface area contributed by atoms with Crippen LogP contribution in [0.15, 0.2) is 54.6 Å². The molecule has 4 nitrogen and oxygen atoms in total. The lowest BCUT2D eigenvalue weighted by Crippen LogP contribution is -2.34. The van der Waals surface area contributed by atoms with Crippen LogP contribution in [-0.4, -0.2) is 37.6 Å². The topological polar surface area (TPSA) is 44.4 Å². The third-order valence-electron chi connectivity index (χ3n) is 4.30. The maximum Gasteiger partial charge on any atom is 0.319 e. The molecule has 120 valence electrons. The summed E-state index contributed by atoms with van der Waals surface area (Å²) in [4.78, 5) is 14.5. The Balaban J connectivity index is 1.62. The van der Waals surface area contributed by atoms with E-state index in [1.807, 2.05) is 54.6 Å². The average molecular weight is 309 g/mol. The minimum Gasteiger partial charge on any atom is -0.338 e. The third kappa shape index (κ3) is 4.11. The van der Waals surface area contributed by atoms with E-state index < -0.39 is 0 Å². The molecule has 3 rings (SSSR count). The number of hydrogen-bond donors (Lipinski definition) is 2. The van der Waals surface area contributed by atoms with Gasteiger partial charge >= 0.3 is 6.03 Å². The first-order valence-corrected chi connectivity index (χ1v) is 8.10. The maximum atomic E-state index is 12.2. The van der Waals surface area contributed by atoms with E-state index in [0.29, 0.717) is 5.92 Å². The Morgan fingerprint density at radius 2 is 1.87 bits per heavy atom. The Bertz CT molecular complexity index is 657. The van der Waals surface area contributed by atoms with Crippen molar-refractivity contribution in [1.29, 1.82) is 0 Å². The molecular formula is C19H23N3O. The summed E-state index contributed by atoms with van der Waals surface area (Å²) in [6.07, 6.45) is 1.15. The van der Waals surface area contributed by atoms with E-state index in [2.05, 4.69) is 22.6 Å². The van der Waals surface area contributed by atoms with E-state index >= 15 is 0 Å². The number of nitrogens with one attached hydrogen (secondary N) is 2. The van der Waals surface area contributed by atoms with Gasteiger partial charge in [0.05, 0.1) is 5.69 Å². The second-order valence-corrected chi connectivity index (χ2v) is 6.16. The average Bonchev–Trinajstić information content (AvgIpc) is 3.00. The highest BCUT2D eigenvalue weighted by Crippen LogP contribution is 2.27. The number of carbonyl (C=O) groups excluding carboxylic acids is 1. The van der Waals surface area contributed by atoms with Gasteiger partial charge in [0.25, 0.3) is 0 Å². The largest absolute Gasteiger partial charge is 0.338 e. The van der Waals surface area contributed by atoms with Crippen LogP contribution < -0.4 is 10.6 Å². The summed E-state index contributed by atoms with van der Waals surface area (Å²) in [6, 6.07) is 17.8. The van der Waals surface area contributed by atoms with E-state index in [9.17, 15) is 4.79 Å². The maximum absolute atomic E-state index is 12.2. The van der Waals surface area contributed by atoms with Gasteiger partial charge in [-0.15, -0.1) is 0 Å². The van der Waals surface area contributed by atoms with Crippen molar-refractivity contribution in [2.75, 3.05) is 32.0 Å². The molecule has 0 unspecified atom stereocenters. The zero-order valence-corrected chi connectivity index (χ0v) is 13.5. The number of anilines is 1. The number of amides is 2. The fraction of sp³-hybridized carbons (Fsp3) is 0.316. The van der Waals surface area contributed by atoms with Gasteiger partial charge in [-0.05, 0) is 37.6 Å². The van der Waals surface area contributed by atoms with E-state index in [1.165, 1.54) is 0 Å². The standard InChI is InChI=1S/C19H23N3O/c1-22-12-11-15(14-22)13-20-19(23)21-18-10-6-5-9-17(18)16-7-3-2-4-8-16/h2-10,15H,11-14H2,1H3,(H2,20,21,23)/t15-/m1/s1. The summed E-state index contributed by atoms with van der Waals surface area (Å²) < 4.78 is 0. The van der Waals surface area contributed by atoms with Gasteiger partial charge in [-0.2, -0.15) is 0 Å². The van der Waals surface area contributed by atoms with Crippen molar-refractivity contribution in [3.05, 3.63) is 54.6 Å². The molecule has 2 N–H and O–H groups in total. The van der Waals surface area contributed by atoms with E-state index in [0.717, 1.165) is 42.9 Å². The van der Waals surface area contributed by atoms with Crippen molar-refractivity contribution in [3.8, 4) is 11.1 Å². The molecule has 0 spiro atoms. The molecule has 4 heteroatoms. The van der Waals surface area contributed by atoms with Crippen LogP contribution in [0.1, 0.15) is 6.42 Å². The summed E-state index contributed by atoms with van der Waals surface area (Å²) in [7, 11) is 2.12.